The SMILES string of the molecule is COC1CCCN(CCCCNCC(C)C)C1. The molecule has 1 unspecified atom stereocenters. The monoisotopic (exact) mass is 242 g/mol. The van der Waals surface area contributed by atoms with Gasteiger partial charge in [0.05, 0.1) is 6.10 Å². The molecule has 0 amide bonds. The molecule has 0 saturated carbocycles. The normalized spacial score (nSPS) is 22.2. The smallest absolute Gasteiger partial charge is 0.0698 e. The van der Waals surface area contributed by atoms with Crippen LogP contribution in [0.4, 0.5) is 0 Å². The first kappa shape index (κ1) is 14.9. The van der Waals surface area contributed by atoms with E-state index in [1.807, 2.05) is 7.11 Å². The maximum Gasteiger partial charge on any atom is 0.0698 e. The fraction of sp³-hybridized carbons (Fsp3) is 1.00. The number of piperidine rings is 1. The molecule has 102 valence electrons. The standard InChI is InChI=1S/C14H30N2O/c1-13(2)11-15-8-4-5-9-16-10-6-7-14(12-16)17-3/h13-15H,4-12H2,1-3H3. The molecule has 1 fully saturated rings. The van der Waals surface area contributed by atoms with Gasteiger partial charge in [0.15, 0.2) is 0 Å². The largest absolute Gasteiger partial charge is 0.380 e. The summed E-state index contributed by atoms with van der Waals surface area (Å²) in [4.78, 5) is 2.56. The summed E-state index contributed by atoms with van der Waals surface area (Å²) < 4.78 is 5.44. The van der Waals surface area contributed by atoms with Gasteiger partial charge in [-0.3, -0.25) is 0 Å². The number of nitrogens with one attached hydrogen (secondary N) is 1. The number of nitrogens with zero attached hydrogens (tertiary/aromatic N) is 1. The molecule has 1 aliphatic heterocycles. The first-order valence-electron chi connectivity index (χ1n) is 7.18. The van der Waals surface area contributed by atoms with Gasteiger partial charge < -0.3 is 15.0 Å². The molecule has 0 aromatic carbocycles. The lowest BCUT2D eigenvalue weighted by Crippen LogP contribution is -2.39. The van der Waals surface area contributed by atoms with E-state index in [4.69, 9.17) is 4.74 Å². The fourth-order valence-electron chi connectivity index (χ4n) is 2.38. The van der Waals surface area contributed by atoms with E-state index >= 15 is 0 Å². The summed E-state index contributed by atoms with van der Waals surface area (Å²) in [5.74, 6) is 0.763. The lowest BCUT2D eigenvalue weighted by Gasteiger charge is -2.31. The number of rotatable bonds is 8. The van der Waals surface area contributed by atoms with E-state index in [2.05, 4.69) is 24.1 Å². The minimum atomic E-state index is 0.475. The van der Waals surface area contributed by atoms with E-state index in [9.17, 15) is 0 Å². The Bertz CT molecular complexity index is 185. The Morgan fingerprint density at radius 3 is 2.88 bits per heavy atom. The van der Waals surface area contributed by atoms with Crippen LogP contribution in [0, 0.1) is 5.92 Å². The summed E-state index contributed by atoms with van der Waals surface area (Å²) in [6.45, 7) is 10.5. The van der Waals surface area contributed by atoms with Crippen molar-refractivity contribution in [3.8, 4) is 0 Å². The highest BCUT2D eigenvalue weighted by atomic mass is 16.5. The molecule has 1 saturated heterocycles. The molecular formula is C14H30N2O. The van der Waals surface area contributed by atoms with Gasteiger partial charge in [0.2, 0.25) is 0 Å². The molecule has 1 atom stereocenters. The van der Waals surface area contributed by atoms with Gasteiger partial charge >= 0.3 is 0 Å². The molecule has 0 aliphatic carbocycles. The van der Waals surface area contributed by atoms with Crippen LogP contribution in [0.2, 0.25) is 0 Å². The molecule has 0 spiro atoms. The molecule has 0 aromatic rings. The Kier molecular flexibility index (Phi) is 7.82. The van der Waals surface area contributed by atoms with Gasteiger partial charge in [-0.15, -0.1) is 0 Å². The Hall–Kier alpha value is -0.120. The van der Waals surface area contributed by atoms with E-state index in [-0.39, 0.29) is 0 Å². The van der Waals surface area contributed by atoms with Crippen molar-refractivity contribution in [3.05, 3.63) is 0 Å². The van der Waals surface area contributed by atoms with Crippen LogP contribution in [0.15, 0.2) is 0 Å². The van der Waals surface area contributed by atoms with Gasteiger partial charge in [-0.1, -0.05) is 13.8 Å². The molecule has 1 heterocycles. The van der Waals surface area contributed by atoms with Crippen LogP contribution in [-0.4, -0.2) is 50.8 Å². The Balaban J connectivity index is 1.95. The molecule has 0 aromatic heterocycles. The summed E-state index contributed by atoms with van der Waals surface area (Å²) >= 11 is 0. The van der Waals surface area contributed by atoms with Crippen LogP contribution in [0.1, 0.15) is 39.5 Å². The van der Waals surface area contributed by atoms with Gasteiger partial charge in [0.1, 0.15) is 0 Å². The molecule has 3 heteroatoms. The minimum absolute atomic E-state index is 0.475. The third-order valence-corrected chi connectivity index (χ3v) is 3.43. The quantitative estimate of drug-likeness (QED) is 0.660. The first-order chi connectivity index (χ1) is 8.22. The summed E-state index contributed by atoms with van der Waals surface area (Å²) in [5, 5.41) is 3.50. The van der Waals surface area contributed by atoms with E-state index in [1.165, 1.54) is 45.3 Å². The number of unbranched alkanes of at least 4 members (excludes halogenated alkanes) is 1. The third kappa shape index (κ3) is 7.02. The Labute approximate surface area is 107 Å². The van der Waals surface area contributed by atoms with Gasteiger partial charge in [-0.05, 0) is 57.8 Å². The zero-order valence-electron chi connectivity index (χ0n) is 11.9. The summed E-state index contributed by atoms with van der Waals surface area (Å²) in [6, 6.07) is 0. The van der Waals surface area contributed by atoms with Crippen LogP contribution in [0.3, 0.4) is 0 Å². The van der Waals surface area contributed by atoms with E-state index in [0.29, 0.717) is 6.10 Å². The average Bonchev–Trinajstić information content (AvgIpc) is 2.33. The summed E-state index contributed by atoms with van der Waals surface area (Å²) in [5.41, 5.74) is 0. The van der Waals surface area contributed by atoms with Crippen LogP contribution >= 0.6 is 0 Å². The van der Waals surface area contributed by atoms with Gasteiger partial charge in [-0.2, -0.15) is 0 Å². The number of methoxy groups -OCH3 is 1. The molecular weight excluding hydrogens is 212 g/mol. The van der Waals surface area contributed by atoms with Gasteiger partial charge in [0.25, 0.3) is 0 Å². The molecule has 3 nitrogen and oxygen atoms in total. The van der Waals surface area contributed by atoms with Crippen molar-refractivity contribution in [2.45, 2.75) is 45.6 Å². The number of hydrogen-bond acceptors (Lipinski definition) is 3. The van der Waals surface area contributed by atoms with Crippen LogP contribution < -0.4 is 5.32 Å². The third-order valence-electron chi connectivity index (χ3n) is 3.43. The lowest BCUT2D eigenvalue weighted by molar-refractivity contribution is 0.0309. The average molecular weight is 242 g/mol. The first-order valence-corrected chi connectivity index (χ1v) is 7.18. The van der Waals surface area contributed by atoms with Crippen molar-refractivity contribution < 1.29 is 4.74 Å². The maximum atomic E-state index is 5.44. The Morgan fingerprint density at radius 2 is 2.18 bits per heavy atom. The zero-order valence-corrected chi connectivity index (χ0v) is 11.9. The van der Waals surface area contributed by atoms with E-state index < -0.39 is 0 Å². The van der Waals surface area contributed by atoms with E-state index in [0.717, 1.165) is 19.0 Å². The second-order valence-corrected chi connectivity index (χ2v) is 5.61. The van der Waals surface area contributed by atoms with Crippen molar-refractivity contribution >= 4 is 0 Å². The fourth-order valence-corrected chi connectivity index (χ4v) is 2.38. The minimum Gasteiger partial charge on any atom is -0.380 e. The maximum absolute atomic E-state index is 5.44. The highest BCUT2D eigenvalue weighted by Crippen LogP contribution is 2.12. The Morgan fingerprint density at radius 1 is 1.35 bits per heavy atom. The topological polar surface area (TPSA) is 24.5 Å². The predicted molar refractivity (Wildman–Crippen MR) is 73.4 cm³/mol. The zero-order chi connectivity index (χ0) is 12.5. The highest BCUT2D eigenvalue weighted by molar-refractivity contribution is 4.72. The van der Waals surface area contributed by atoms with Gasteiger partial charge in [0, 0.05) is 13.7 Å². The number of likely N-dealkylation sites (tertiary alicyclic amines) is 1. The van der Waals surface area contributed by atoms with Crippen LogP contribution in [0.5, 0.6) is 0 Å². The molecule has 1 rings (SSSR count). The van der Waals surface area contributed by atoms with Gasteiger partial charge in [-0.25, -0.2) is 0 Å². The second kappa shape index (κ2) is 8.90. The summed E-state index contributed by atoms with van der Waals surface area (Å²) in [7, 11) is 1.84. The van der Waals surface area contributed by atoms with Crippen molar-refractivity contribution in [2.24, 2.45) is 5.92 Å². The van der Waals surface area contributed by atoms with Crippen LogP contribution in [0.25, 0.3) is 0 Å². The van der Waals surface area contributed by atoms with Crippen molar-refractivity contribution in [3.63, 3.8) is 0 Å². The molecule has 0 radical (unpaired) electrons. The molecule has 17 heavy (non-hydrogen) atoms. The number of ether oxygens (including phenoxy) is 1. The lowest BCUT2D eigenvalue weighted by atomic mass is 10.1. The molecule has 1 N–H and O–H groups in total. The van der Waals surface area contributed by atoms with E-state index in [1.54, 1.807) is 0 Å². The van der Waals surface area contributed by atoms with Crippen molar-refractivity contribution in [2.75, 3.05) is 39.8 Å². The molecule has 1 aliphatic rings. The predicted octanol–water partition coefficient (Wildman–Crippen LogP) is 2.12. The second-order valence-electron chi connectivity index (χ2n) is 5.61. The molecule has 0 bridgehead atoms. The van der Waals surface area contributed by atoms with Crippen LogP contribution in [-0.2, 0) is 4.74 Å². The highest BCUT2D eigenvalue weighted by Gasteiger charge is 2.18. The number of hydrogen-bond donors (Lipinski definition) is 1. The van der Waals surface area contributed by atoms with Crippen molar-refractivity contribution in [1.82, 2.24) is 10.2 Å². The summed E-state index contributed by atoms with van der Waals surface area (Å²) in [6.07, 6.45) is 5.61. The van der Waals surface area contributed by atoms with Crippen molar-refractivity contribution in [1.29, 1.82) is 0 Å².